The van der Waals surface area contributed by atoms with Gasteiger partial charge in [0, 0.05) is 45.1 Å². The van der Waals surface area contributed by atoms with Crippen LogP contribution in [0, 0.1) is 5.92 Å². The quantitative estimate of drug-likeness (QED) is 0.315. The van der Waals surface area contributed by atoms with Crippen LogP contribution in [0.15, 0.2) is 54.6 Å². The van der Waals surface area contributed by atoms with Crippen LogP contribution < -0.4 is 21.1 Å². The lowest BCUT2D eigenvalue weighted by Crippen LogP contribution is -2.62. The summed E-state index contributed by atoms with van der Waals surface area (Å²) in [6.45, 7) is 4.63. The Bertz CT molecular complexity index is 1240. The molecule has 3 atom stereocenters. The van der Waals surface area contributed by atoms with Gasteiger partial charge in [0.15, 0.2) is 0 Å². The van der Waals surface area contributed by atoms with Crippen LogP contribution >= 0.6 is 0 Å². The van der Waals surface area contributed by atoms with Gasteiger partial charge in [-0.1, -0.05) is 42.5 Å². The van der Waals surface area contributed by atoms with Crippen molar-refractivity contribution in [1.29, 1.82) is 0 Å². The molecular weight excluding hydrogens is 562 g/mol. The molecule has 5 rings (SSSR count). The van der Waals surface area contributed by atoms with Gasteiger partial charge in [-0.15, -0.1) is 0 Å². The number of likely N-dealkylation sites (tertiary alicyclic amines) is 2. The maximum absolute atomic E-state index is 13.5. The number of nitrogens with zero attached hydrogens (tertiary/aromatic N) is 2. The van der Waals surface area contributed by atoms with Gasteiger partial charge < -0.3 is 40.4 Å². The number of benzene rings is 2. The summed E-state index contributed by atoms with van der Waals surface area (Å²) in [6, 6.07) is 18.6. The number of rotatable bonds is 12. The number of carbonyl (C=O) groups is 3. The van der Waals surface area contributed by atoms with Crippen molar-refractivity contribution < 1.29 is 28.6 Å². The van der Waals surface area contributed by atoms with Gasteiger partial charge in [-0.2, -0.15) is 0 Å². The van der Waals surface area contributed by atoms with Crippen LogP contribution in [0.3, 0.4) is 0 Å². The second kappa shape index (κ2) is 15.9. The first-order valence-corrected chi connectivity index (χ1v) is 15.8. The molecule has 0 bridgehead atoms. The lowest BCUT2D eigenvalue weighted by Gasteiger charge is -2.44. The lowest BCUT2D eigenvalue weighted by atomic mass is 9.76. The average Bonchev–Trinajstić information content (AvgIpc) is 3.05. The first kappa shape index (κ1) is 31.7. The molecule has 11 nitrogen and oxygen atoms in total. The van der Waals surface area contributed by atoms with Crippen molar-refractivity contribution in [2.75, 3.05) is 65.7 Å². The molecule has 0 spiro atoms. The predicted molar refractivity (Wildman–Crippen MR) is 165 cm³/mol. The van der Waals surface area contributed by atoms with E-state index in [0.29, 0.717) is 71.4 Å². The van der Waals surface area contributed by atoms with Gasteiger partial charge in [0.1, 0.15) is 19.0 Å². The van der Waals surface area contributed by atoms with E-state index in [0.717, 1.165) is 25.0 Å². The standard InChI is InChI=1S/C33H45N5O6/c34-13-19-42-18-12-30(39)35-14-20-43-27-8-4-7-26(21-27)32(24-5-2-1-3-6-24)25-9-15-37(16-10-25)33(41)38-17-11-29-28(22-38)36-31(40)23-44-29/h1-8,21,25,28-29,32H,9-20,22-23,34H2,(H,35,39)(H,36,40)/t28-,29+,32+/m1/s1. The molecule has 4 amide bonds. The summed E-state index contributed by atoms with van der Waals surface area (Å²) >= 11 is 0. The number of piperidine rings is 2. The fourth-order valence-corrected chi connectivity index (χ4v) is 6.49. The van der Waals surface area contributed by atoms with Gasteiger partial charge in [0.05, 0.1) is 31.9 Å². The molecule has 11 heteroatoms. The second-order valence-electron chi connectivity index (χ2n) is 11.7. The molecule has 0 unspecified atom stereocenters. The van der Waals surface area contributed by atoms with Crippen LogP contribution in [0.4, 0.5) is 4.79 Å². The van der Waals surface area contributed by atoms with Crippen molar-refractivity contribution in [2.45, 2.75) is 43.7 Å². The highest BCUT2D eigenvalue weighted by Crippen LogP contribution is 2.39. The van der Waals surface area contributed by atoms with Gasteiger partial charge >= 0.3 is 6.03 Å². The summed E-state index contributed by atoms with van der Waals surface area (Å²) in [6.07, 6.45) is 2.79. The minimum Gasteiger partial charge on any atom is -0.492 e. The molecule has 0 aliphatic carbocycles. The summed E-state index contributed by atoms with van der Waals surface area (Å²) in [7, 11) is 0. The number of nitrogens with one attached hydrogen (secondary N) is 2. The molecule has 44 heavy (non-hydrogen) atoms. The topological polar surface area (TPSA) is 135 Å². The molecule has 3 aliphatic heterocycles. The van der Waals surface area contributed by atoms with Gasteiger partial charge in [0.25, 0.3) is 0 Å². The molecule has 4 N–H and O–H groups in total. The number of fused-ring (bicyclic) bond motifs is 1. The van der Waals surface area contributed by atoms with Crippen LogP contribution in [0.1, 0.15) is 42.7 Å². The first-order chi connectivity index (χ1) is 21.5. The molecule has 2 aromatic carbocycles. The lowest BCUT2D eigenvalue weighted by molar-refractivity contribution is -0.139. The fourth-order valence-electron chi connectivity index (χ4n) is 6.49. The summed E-state index contributed by atoms with van der Waals surface area (Å²) in [5.41, 5.74) is 7.81. The van der Waals surface area contributed by atoms with Crippen LogP contribution in [0.5, 0.6) is 5.75 Å². The van der Waals surface area contributed by atoms with Crippen molar-refractivity contribution in [2.24, 2.45) is 11.7 Å². The summed E-state index contributed by atoms with van der Waals surface area (Å²) < 4.78 is 16.9. The van der Waals surface area contributed by atoms with Crippen LogP contribution in [0.2, 0.25) is 0 Å². The molecule has 0 radical (unpaired) electrons. The van der Waals surface area contributed by atoms with Crippen LogP contribution in [0.25, 0.3) is 0 Å². The monoisotopic (exact) mass is 607 g/mol. The Balaban J connectivity index is 1.16. The van der Waals surface area contributed by atoms with Gasteiger partial charge in [-0.05, 0) is 48.4 Å². The highest BCUT2D eigenvalue weighted by atomic mass is 16.5. The first-order valence-electron chi connectivity index (χ1n) is 15.8. The number of hydrogen-bond acceptors (Lipinski definition) is 7. The smallest absolute Gasteiger partial charge is 0.320 e. The third kappa shape index (κ3) is 8.49. The number of ether oxygens (including phenoxy) is 3. The molecule has 2 aromatic rings. The Hall–Kier alpha value is -3.67. The molecule has 3 heterocycles. The van der Waals surface area contributed by atoms with E-state index in [1.54, 1.807) is 0 Å². The highest BCUT2D eigenvalue weighted by molar-refractivity contribution is 5.79. The van der Waals surface area contributed by atoms with Crippen LogP contribution in [-0.2, 0) is 19.1 Å². The van der Waals surface area contributed by atoms with Gasteiger partial charge in [-0.25, -0.2) is 4.79 Å². The number of carbonyl (C=O) groups excluding carboxylic acids is 3. The Labute approximate surface area is 259 Å². The minimum absolute atomic E-state index is 0.0145. The summed E-state index contributed by atoms with van der Waals surface area (Å²) in [5, 5.41) is 5.85. The molecule has 3 saturated heterocycles. The zero-order valence-corrected chi connectivity index (χ0v) is 25.3. The van der Waals surface area contributed by atoms with E-state index in [4.69, 9.17) is 19.9 Å². The number of morpholine rings is 1. The molecule has 3 fully saturated rings. The van der Waals surface area contributed by atoms with E-state index in [2.05, 4.69) is 47.0 Å². The highest BCUT2D eigenvalue weighted by Gasteiger charge is 2.38. The Morgan fingerprint density at radius 1 is 0.977 bits per heavy atom. The van der Waals surface area contributed by atoms with Gasteiger partial charge in [-0.3, -0.25) is 9.59 Å². The van der Waals surface area contributed by atoms with E-state index in [-0.39, 0.29) is 42.5 Å². The largest absolute Gasteiger partial charge is 0.492 e. The number of nitrogens with two attached hydrogens (primary N) is 1. The van der Waals surface area contributed by atoms with Gasteiger partial charge in [0.2, 0.25) is 11.8 Å². The van der Waals surface area contributed by atoms with E-state index < -0.39 is 0 Å². The molecular formula is C33H45N5O6. The van der Waals surface area contributed by atoms with Crippen molar-refractivity contribution in [1.82, 2.24) is 20.4 Å². The molecule has 0 saturated carbocycles. The average molecular weight is 608 g/mol. The Morgan fingerprint density at radius 3 is 2.55 bits per heavy atom. The van der Waals surface area contributed by atoms with Crippen molar-refractivity contribution in [3.63, 3.8) is 0 Å². The Kier molecular flexibility index (Phi) is 11.5. The van der Waals surface area contributed by atoms with Crippen molar-refractivity contribution >= 4 is 17.8 Å². The number of amides is 4. The third-order valence-corrected chi connectivity index (χ3v) is 8.68. The van der Waals surface area contributed by atoms with Crippen LogP contribution in [-0.4, -0.2) is 105 Å². The fraction of sp³-hybridized carbons (Fsp3) is 0.545. The third-order valence-electron chi connectivity index (χ3n) is 8.68. The molecule has 0 aromatic heterocycles. The zero-order chi connectivity index (χ0) is 30.7. The molecule has 238 valence electrons. The van der Waals surface area contributed by atoms with E-state index in [1.807, 2.05) is 28.0 Å². The van der Waals surface area contributed by atoms with E-state index in [9.17, 15) is 14.4 Å². The predicted octanol–water partition coefficient (Wildman–Crippen LogP) is 2.10. The zero-order valence-electron chi connectivity index (χ0n) is 25.3. The van der Waals surface area contributed by atoms with E-state index in [1.165, 1.54) is 11.1 Å². The molecule has 3 aliphatic rings. The second-order valence-corrected chi connectivity index (χ2v) is 11.7. The van der Waals surface area contributed by atoms with E-state index >= 15 is 0 Å². The van der Waals surface area contributed by atoms with Crippen molar-refractivity contribution in [3.8, 4) is 5.75 Å². The summed E-state index contributed by atoms with van der Waals surface area (Å²) in [5.74, 6) is 1.09. The maximum Gasteiger partial charge on any atom is 0.320 e. The SMILES string of the molecule is NCCOCCC(=O)NCCOc1cccc([C@@H](c2ccccc2)C2CCN(C(=O)N3CC[C@@H]4OCC(=O)N[C@@H]4C3)CC2)c1. The van der Waals surface area contributed by atoms with Crippen molar-refractivity contribution in [3.05, 3.63) is 65.7 Å². The minimum atomic E-state index is -0.138. The maximum atomic E-state index is 13.5. The normalized spacial score (nSPS) is 21.2. The number of urea groups is 1. The summed E-state index contributed by atoms with van der Waals surface area (Å²) in [4.78, 5) is 41.1. The Morgan fingerprint density at radius 2 is 1.75 bits per heavy atom. The number of hydrogen-bond donors (Lipinski definition) is 3.